The number of fused-ring (bicyclic) bond motifs is 6. The Balaban J connectivity index is 1.22. The Hall–Kier alpha value is -4.98. The van der Waals surface area contributed by atoms with Gasteiger partial charge in [-0.2, -0.15) is 0 Å². The smallest absolute Gasteiger partial charge is 0.0358 e. The largest absolute Gasteiger partial charge is 0.135 e. The Kier molecular flexibility index (Phi) is 4.76. The van der Waals surface area contributed by atoms with Crippen LogP contribution in [-0.2, 0) is 5.41 Å². The highest BCUT2D eigenvalue weighted by Gasteiger charge is 2.36. The van der Waals surface area contributed by atoms with Crippen molar-refractivity contribution in [3.63, 3.8) is 0 Å². The van der Waals surface area contributed by atoms with Crippen LogP contribution in [0.1, 0.15) is 25.0 Å². The van der Waals surface area contributed by atoms with E-state index in [1.54, 1.807) is 0 Å². The number of rotatable bonds is 2. The van der Waals surface area contributed by atoms with E-state index < -0.39 is 0 Å². The number of benzene rings is 8. The molecule has 0 saturated heterocycles. The zero-order valence-electron chi connectivity index (χ0n) is 24.6. The molecule has 9 aromatic rings. The van der Waals surface area contributed by atoms with Crippen LogP contribution in [-0.4, -0.2) is 0 Å². The van der Waals surface area contributed by atoms with Gasteiger partial charge in [0.05, 0.1) is 0 Å². The standard InChI is InChI=1S/C43H28S/c1-43(2)37-21-16-28(22-34(37)35-23-36-31-10-6-7-11-39(31)44-40(36)24-38(35)43)30-18-13-27-14-19-32-29(25-8-4-3-5-9-25)17-12-26-15-20-33(30)42(27)41(26)32/h3-24H,1-2H3. The lowest BCUT2D eigenvalue weighted by Gasteiger charge is -2.22. The van der Waals surface area contributed by atoms with Crippen LogP contribution < -0.4 is 0 Å². The summed E-state index contributed by atoms with van der Waals surface area (Å²) in [5.41, 5.74) is 10.7. The Labute approximate surface area is 260 Å². The molecule has 0 fully saturated rings. The fourth-order valence-corrected chi connectivity index (χ4v) is 9.19. The van der Waals surface area contributed by atoms with Crippen LogP contribution in [0.15, 0.2) is 133 Å². The summed E-state index contributed by atoms with van der Waals surface area (Å²) in [6, 6.07) is 50.2. The maximum absolute atomic E-state index is 2.47. The average molecular weight is 577 g/mol. The second-order valence-corrected chi connectivity index (χ2v) is 14.0. The summed E-state index contributed by atoms with van der Waals surface area (Å²) in [5.74, 6) is 0. The molecular weight excluding hydrogens is 549 g/mol. The third kappa shape index (κ3) is 3.17. The highest BCUT2D eigenvalue weighted by Crippen LogP contribution is 2.53. The van der Waals surface area contributed by atoms with Crippen molar-refractivity contribution < 1.29 is 0 Å². The first kappa shape index (κ1) is 24.5. The molecule has 0 unspecified atom stereocenters. The molecule has 1 heteroatoms. The predicted molar refractivity (Wildman–Crippen MR) is 191 cm³/mol. The van der Waals surface area contributed by atoms with Crippen molar-refractivity contribution in [1.82, 2.24) is 0 Å². The van der Waals surface area contributed by atoms with Gasteiger partial charge in [-0.15, -0.1) is 11.3 Å². The van der Waals surface area contributed by atoms with E-state index in [1.165, 1.54) is 97.0 Å². The fraction of sp³-hybridized carbons (Fsp3) is 0.0698. The molecule has 0 atom stereocenters. The van der Waals surface area contributed by atoms with Gasteiger partial charge >= 0.3 is 0 Å². The zero-order chi connectivity index (χ0) is 29.2. The summed E-state index contributed by atoms with van der Waals surface area (Å²) in [4.78, 5) is 0. The maximum atomic E-state index is 2.47. The van der Waals surface area contributed by atoms with E-state index in [0.29, 0.717) is 0 Å². The molecule has 1 heterocycles. The van der Waals surface area contributed by atoms with Gasteiger partial charge in [0.25, 0.3) is 0 Å². The summed E-state index contributed by atoms with van der Waals surface area (Å²) < 4.78 is 2.75. The second-order valence-electron chi connectivity index (χ2n) is 12.9. The normalized spacial score (nSPS) is 13.9. The van der Waals surface area contributed by atoms with E-state index in [4.69, 9.17) is 0 Å². The molecule has 0 saturated carbocycles. The highest BCUT2D eigenvalue weighted by molar-refractivity contribution is 7.25. The summed E-state index contributed by atoms with van der Waals surface area (Å²) in [6.07, 6.45) is 0. The lowest BCUT2D eigenvalue weighted by molar-refractivity contribution is 0.661. The minimum Gasteiger partial charge on any atom is -0.135 e. The van der Waals surface area contributed by atoms with E-state index in [0.717, 1.165) is 0 Å². The van der Waals surface area contributed by atoms with Crippen molar-refractivity contribution in [1.29, 1.82) is 0 Å². The summed E-state index contributed by atoms with van der Waals surface area (Å²) >= 11 is 1.91. The monoisotopic (exact) mass is 576 g/mol. The van der Waals surface area contributed by atoms with Crippen molar-refractivity contribution in [2.45, 2.75) is 19.3 Å². The summed E-state index contributed by atoms with van der Waals surface area (Å²) in [7, 11) is 0. The van der Waals surface area contributed by atoms with Crippen LogP contribution >= 0.6 is 11.3 Å². The Bertz CT molecular complexity index is 2620. The molecular formula is C43H28S. The van der Waals surface area contributed by atoms with E-state index >= 15 is 0 Å². The zero-order valence-corrected chi connectivity index (χ0v) is 25.4. The first-order valence-corrected chi connectivity index (χ1v) is 16.2. The topological polar surface area (TPSA) is 0 Å². The molecule has 0 amide bonds. The molecule has 1 aliphatic rings. The van der Waals surface area contributed by atoms with E-state index in [-0.39, 0.29) is 5.41 Å². The molecule has 0 aliphatic heterocycles. The minimum absolute atomic E-state index is 0.0376. The number of hydrogen-bond acceptors (Lipinski definition) is 1. The van der Waals surface area contributed by atoms with Gasteiger partial charge in [0.15, 0.2) is 0 Å². The summed E-state index contributed by atoms with van der Waals surface area (Å²) in [5, 5.41) is 10.7. The third-order valence-corrected chi connectivity index (χ3v) is 11.4. The van der Waals surface area contributed by atoms with Gasteiger partial charge in [-0.25, -0.2) is 0 Å². The first-order valence-electron chi connectivity index (χ1n) is 15.4. The van der Waals surface area contributed by atoms with E-state index in [9.17, 15) is 0 Å². The molecule has 44 heavy (non-hydrogen) atoms. The number of hydrogen-bond donors (Lipinski definition) is 0. The summed E-state index contributed by atoms with van der Waals surface area (Å²) in [6.45, 7) is 4.77. The third-order valence-electron chi connectivity index (χ3n) is 10.2. The highest BCUT2D eigenvalue weighted by atomic mass is 32.1. The average Bonchev–Trinajstić information content (AvgIpc) is 3.54. The van der Waals surface area contributed by atoms with Crippen molar-refractivity contribution in [2.24, 2.45) is 0 Å². The molecule has 0 spiro atoms. The van der Waals surface area contributed by atoms with Gasteiger partial charge in [-0.05, 0) is 101 Å². The van der Waals surface area contributed by atoms with Gasteiger partial charge in [0.1, 0.15) is 0 Å². The van der Waals surface area contributed by atoms with Gasteiger partial charge in [0.2, 0.25) is 0 Å². The molecule has 8 aromatic carbocycles. The van der Waals surface area contributed by atoms with Crippen LogP contribution in [0.5, 0.6) is 0 Å². The molecule has 1 aromatic heterocycles. The van der Waals surface area contributed by atoms with Gasteiger partial charge in [-0.1, -0.05) is 123 Å². The Morgan fingerprint density at radius 1 is 0.409 bits per heavy atom. The van der Waals surface area contributed by atoms with Crippen molar-refractivity contribution in [3.8, 4) is 33.4 Å². The molecule has 0 N–H and O–H groups in total. The lowest BCUT2D eigenvalue weighted by atomic mass is 9.82. The van der Waals surface area contributed by atoms with Crippen LogP contribution in [0, 0.1) is 0 Å². The predicted octanol–water partition coefficient (Wildman–Crippen LogP) is 12.6. The Morgan fingerprint density at radius 2 is 1.05 bits per heavy atom. The molecule has 1 aliphatic carbocycles. The fourth-order valence-electron chi connectivity index (χ4n) is 8.06. The maximum Gasteiger partial charge on any atom is 0.0358 e. The van der Waals surface area contributed by atoms with Crippen molar-refractivity contribution in [2.75, 3.05) is 0 Å². The van der Waals surface area contributed by atoms with Crippen molar-refractivity contribution in [3.05, 3.63) is 145 Å². The van der Waals surface area contributed by atoms with Crippen LogP contribution in [0.2, 0.25) is 0 Å². The SMILES string of the molecule is CC1(C)c2ccc(-c3ccc4ccc5c(-c6ccccc6)ccc6ccc3c4c65)cc2-c2cc3c(cc21)sc1ccccc13. The quantitative estimate of drug-likeness (QED) is 0.180. The molecule has 10 rings (SSSR count). The van der Waals surface area contributed by atoms with Crippen molar-refractivity contribution >= 4 is 63.8 Å². The molecule has 0 radical (unpaired) electrons. The number of thiophene rings is 1. The van der Waals surface area contributed by atoms with Crippen LogP contribution in [0.4, 0.5) is 0 Å². The lowest BCUT2D eigenvalue weighted by Crippen LogP contribution is -2.14. The molecule has 0 bridgehead atoms. The Morgan fingerprint density at radius 3 is 1.80 bits per heavy atom. The van der Waals surface area contributed by atoms with Gasteiger partial charge in [0, 0.05) is 25.6 Å². The first-order chi connectivity index (χ1) is 21.6. The van der Waals surface area contributed by atoms with E-state index in [1.807, 2.05) is 11.3 Å². The molecule has 206 valence electrons. The van der Waals surface area contributed by atoms with Crippen LogP contribution in [0.25, 0.3) is 85.9 Å². The van der Waals surface area contributed by atoms with E-state index in [2.05, 4.69) is 147 Å². The molecule has 0 nitrogen and oxygen atoms in total. The minimum atomic E-state index is -0.0376. The van der Waals surface area contributed by atoms with Gasteiger partial charge < -0.3 is 0 Å². The van der Waals surface area contributed by atoms with Gasteiger partial charge in [-0.3, -0.25) is 0 Å². The second kappa shape index (κ2) is 8.56. The van der Waals surface area contributed by atoms with Crippen LogP contribution in [0.3, 0.4) is 0 Å².